The molecule has 6 heteroatoms. The van der Waals surface area contributed by atoms with Crippen molar-refractivity contribution >= 4 is 5.91 Å². The van der Waals surface area contributed by atoms with Crippen molar-refractivity contribution in [2.75, 3.05) is 13.1 Å². The standard InChI is InChI=1S/C17H19N3O3/c21-15-6-2-8-19-16(15)17(22)20-9-3-5-14(11-20)23-12-13-4-1-7-18-10-13/h1-2,4,6-8,10,14,21H,3,5,9,11-12H2. The van der Waals surface area contributed by atoms with Gasteiger partial charge in [-0.05, 0) is 36.6 Å². The Labute approximate surface area is 134 Å². The summed E-state index contributed by atoms with van der Waals surface area (Å²) in [5.74, 6) is -0.339. The van der Waals surface area contributed by atoms with E-state index in [0.29, 0.717) is 19.7 Å². The van der Waals surface area contributed by atoms with Gasteiger partial charge in [-0.15, -0.1) is 0 Å². The molecule has 0 aliphatic carbocycles. The highest BCUT2D eigenvalue weighted by molar-refractivity contribution is 5.94. The summed E-state index contributed by atoms with van der Waals surface area (Å²) >= 11 is 0. The molecule has 1 aliphatic rings. The second-order valence-electron chi connectivity index (χ2n) is 5.56. The van der Waals surface area contributed by atoms with Crippen LogP contribution in [0.3, 0.4) is 0 Å². The summed E-state index contributed by atoms with van der Waals surface area (Å²) in [6.45, 7) is 1.64. The van der Waals surface area contributed by atoms with Crippen molar-refractivity contribution in [2.24, 2.45) is 0 Å². The van der Waals surface area contributed by atoms with E-state index in [-0.39, 0.29) is 23.5 Å². The van der Waals surface area contributed by atoms with Gasteiger partial charge in [0.1, 0.15) is 5.75 Å². The minimum atomic E-state index is -0.252. The number of nitrogens with zero attached hydrogens (tertiary/aromatic N) is 3. The smallest absolute Gasteiger partial charge is 0.276 e. The van der Waals surface area contributed by atoms with E-state index in [2.05, 4.69) is 9.97 Å². The molecule has 1 unspecified atom stereocenters. The van der Waals surface area contributed by atoms with Crippen LogP contribution in [0.25, 0.3) is 0 Å². The first-order valence-electron chi connectivity index (χ1n) is 7.68. The molecule has 0 spiro atoms. The van der Waals surface area contributed by atoms with Gasteiger partial charge in [-0.1, -0.05) is 6.07 Å². The lowest BCUT2D eigenvalue weighted by atomic mass is 10.1. The van der Waals surface area contributed by atoms with Crippen LogP contribution in [0.5, 0.6) is 5.75 Å². The van der Waals surface area contributed by atoms with Gasteiger partial charge in [-0.25, -0.2) is 4.98 Å². The van der Waals surface area contributed by atoms with Crippen LogP contribution in [0, 0.1) is 0 Å². The number of hydrogen-bond acceptors (Lipinski definition) is 5. The first-order chi connectivity index (χ1) is 11.2. The summed E-state index contributed by atoms with van der Waals surface area (Å²) in [5, 5.41) is 9.78. The number of pyridine rings is 2. The quantitative estimate of drug-likeness (QED) is 0.934. The molecule has 6 nitrogen and oxygen atoms in total. The Hall–Kier alpha value is -2.47. The van der Waals surface area contributed by atoms with Gasteiger partial charge in [0.05, 0.1) is 12.7 Å². The van der Waals surface area contributed by atoms with Crippen molar-refractivity contribution in [2.45, 2.75) is 25.6 Å². The molecule has 2 aromatic rings. The molecule has 23 heavy (non-hydrogen) atoms. The molecule has 2 aromatic heterocycles. The Balaban J connectivity index is 1.60. The zero-order valence-corrected chi connectivity index (χ0v) is 12.8. The van der Waals surface area contributed by atoms with Gasteiger partial charge < -0.3 is 14.7 Å². The molecule has 0 bridgehead atoms. The molecule has 3 rings (SSSR count). The number of piperidine rings is 1. The fourth-order valence-corrected chi connectivity index (χ4v) is 2.67. The SMILES string of the molecule is O=C(c1ncccc1O)N1CCCC(OCc2cccnc2)C1. The lowest BCUT2D eigenvalue weighted by Crippen LogP contribution is -2.43. The molecule has 1 amide bonds. The number of rotatable bonds is 4. The van der Waals surface area contributed by atoms with Crippen molar-refractivity contribution in [1.82, 2.24) is 14.9 Å². The third kappa shape index (κ3) is 3.84. The summed E-state index contributed by atoms with van der Waals surface area (Å²) in [5.41, 5.74) is 1.11. The number of amides is 1. The average molecular weight is 313 g/mol. The minimum Gasteiger partial charge on any atom is -0.505 e. The fourth-order valence-electron chi connectivity index (χ4n) is 2.67. The summed E-state index contributed by atoms with van der Waals surface area (Å²) in [4.78, 5) is 22.2. The Morgan fingerprint density at radius 1 is 1.35 bits per heavy atom. The second-order valence-corrected chi connectivity index (χ2v) is 5.56. The Morgan fingerprint density at radius 2 is 2.22 bits per heavy atom. The molecule has 0 saturated carbocycles. The topological polar surface area (TPSA) is 75.5 Å². The van der Waals surface area contributed by atoms with Crippen LogP contribution in [0.2, 0.25) is 0 Å². The lowest BCUT2D eigenvalue weighted by molar-refractivity contribution is -0.00705. The monoisotopic (exact) mass is 313 g/mol. The van der Waals surface area contributed by atoms with E-state index in [4.69, 9.17) is 4.74 Å². The van der Waals surface area contributed by atoms with Gasteiger partial charge in [0.25, 0.3) is 5.91 Å². The summed E-state index contributed by atoms with van der Waals surface area (Å²) in [7, 11) is 0. The van der Waals surface area contributed by atoms with Gasteiger partial charge in [-0.3, -0.25) is 9.78 Å². The molecular formula is C17H19N3O3. The number of carbonyl (C=O) groups is 1. The molecule has 0 radical (unpaired) electrons. The van der Waals surface area contributed by atoms with Crippen LogP contribution in [-0.2, 0) is 11.3 Å². The summed E-state index contributed by atoms with van der Waals surface area (Å²) in [6.07, 6.45) is 6.78. The molecular weight excluding hydrogens is 294 g/mol. The normalized spacial score (nSPS) is 17.9. The van der Waals surface area contributed by atoms with E-state index in [1.165, 1.54) is 12.3 Å². The van der Waals surface area contributed by atoms with Crippen LogP contribution in [0.4, 0.5) is 0 Å². The van der Waals surface area contributed by atoms with Crippen molar-refractivity contribution < 1.29 is 14.6 Å². The maximum Gasteiger partial charge on any atom is 0.276 e. The van der Waals surface area contributed by atoms with Gasteiger partial charge >= 0.3 is 0 Å². The van der Waals surface area contributed by atoms with E-state index in [1.807, 2.05) is 12.1 Å². The Kier molecular flexibility index (Phi) is 4.83. The van der Waals surface area contributed by atoms with E-state index in [9.17, 15) is 9.90 Å². The average Bonchev–Trinajstić information content (AvgIpc) is 2.61. The van der Waals surface area contributed by atoms with Gasteiger partial charge in [0.15, 0.2) is 5.69 Å². The summed E-state index contributed by atoms with van der Waals surface area (Å²) in [6, 6.07) is 6.91. The Morgan fingerprint density at radius 3 is 3.00 bits per heavy atom. The molecule has 1 N–H and O–H groups in total. The Bertz CT molecular complexity index is 663. The maximum atomic E-state index is 12.5. The predicted octanol–water partition coefficient (Wildman–Crippen LogP) is 2.00. The predicted molar refractivity (Wildman–Crippen MR) is 83.9 cm³/mol. The number of aromatic hydroxyl groups is 1. The minimum absolute atomic E-state index is 0.0150. The molecule has 1 aliphatic heterocycles. The third-order valence-electron chi connectivity index (χ3n) is 3.86. The van der Waals surface area contributed by atoms with E-state index >= 15 is 0 Å². The van der Waals surface area contributed by atoms with E-state index in [0.717, 1.165) is 18.4 Å². The molecule has 3 heterocycles. The molecule has 120 valence electrons. The number of carbonyl (C=O) groups excluding carboxylic acids is 1. The lowest BCUT2D eigenvalue weighted by Gasteiger charge is -2.32. The highest BCUT2D eigenvalue weighted by Gasteiger charge is 2.27. The summed E-state index contributed by atoms with van der Waals surface area (Å²) < 4.78 is 5.90. The number of aromatic nitrogens is 2. The van der Waals surface area contributed by atoms with Crippen molar-refractivity contribution in [1.29, 1.82) is 0 Å². The molecule has 1 saturated heterocycles. The first-order valence-corrected chi connectivity index (χ1v) is 7.68. The fraction of sp³-hybridized carbons (Fsp3) is 0.353. The molecule has 1 atom stereocenters. The van der Waals surface area contributed by atoms with Crippen molar-refractivity contribution in [3.05, 3.63) is 54.1 Å². The molecule has 1 fully saturated rings. The first kappa shape index (κ1) is 15.4. The number of likely N-dealkylation sites (tertiary alicyclic amines) is 1. The zero-order chi connectivity index (χ0) is 16.1. The van der Waals surface area contributed by atoms with Crippen LogP contribution >= 0.6 is 0 Å². The zero-order valence-electron chi connectivity index (χ0n) is 12.8. The van der Waals surface area contributed by atoms with Crippen LogP contribution in [0.1, 0.15) is 28.9 Å². The highest BCUT2D eigenvalue weighted by atomic mass is 16.5. The van der Waals surface area contributed by atoms with Crippen molar-refractivity contribution in [3.63, 3.8) is 0 Å². The van der Waals surface area contributed by atoms with Gasteiger partial charge in [0, 0.05) is 31.7 Å². The van der Waals surface area contributed by atoms with Crippen LogP contribution < -0.4 is 0 Å². The number of hydrogen-bond donors (Lipinski definition) is 1. The third-order valence-corrected chi connectivity index (χ3v) is 3.86. The van der Waals surface area contributed by atoms with Crippen LogP contribution in [-0.4, -0.2) is 45.1 Å². The maximum absolute atomic E-state index is 12.5. The van der Waals surface area contributed by atoms with E-state index < -0.39 is 0 Å². The van der Waals surface area contributed by atoms with E-state index in [1.54, 1.807) is 23.4 Å². The second kappa shape index (κ2) is 7.19. The largest absolute Gasteiger partial charge is 0.505 e. The number of ether oxygens (including phenoxy) is 1. The molecule has 0 aromatic carbocycles. The van der Waals surface area contributed by atoms with Crippen LogP contribution in [0.15, 0.2) is 42.9 Å². The van der Waals surface area contributed by atoms with Gasteiger partial charge in [0.2, 0.25) is 0 Å². The highest BCUT2D eigenvalue weighted by Crippen LogP contribution is 2.20. The van der Waals surface area contributed by atoms with Gasteiger partial charge in [-0.2, -0.15) is 0 Å². The van der Waals surface area contributed by atoms with Crippen molar-refractivity contribution in [3.8, 4) is 5.75 Å².